The van der Waals surface area contributed by atoms with E-state index < -0.39 is 0 Å². The maximum absolute atomic E-state index is 13.0. The van der Waals surface area contributed by atoms with E-state index in [4.69, 9.17) is 0 Å². The van der Waals surface area contributed by atoms with Gasteiger partial charge in [0.05, 0.1) is 11.9 Å². The topological polar surface area (TPSA) is 89.2 Å². The normalized spacial score (nSPS) is 16.7. The highest BCUT2D eigenvalue weighted by Crippen LogP contribution is 2.22. The molecule has 1 unspecified atom stereocenters. The van der Waals surface area contributed by atoms with Crippen LogP contribution in [0.5, 0.6) is 0 Å². The van der Waals surface area contributed by atoms with Crippen molar-refractivity contribution >= 4 is 11.8 Å². The van der Waals surface area contributed by atoms with E-state index in [0.717, 1.165) is 50.0 Å². The predicted molar refractivity (Wildman–Crippen MR) is 113 cm³/mol. The Hall–Kier alpha value is -2.71. The van der Waals surface area contributed by atoms with Gasteiger partial charge in [-0.15, -0.1) is 5.10 Å². The van der Waals surface area contributed by atoms with Crippen molar-refractivity contribution in [3.05, 3.63) is 28.8 Å². The van der Waals surface area contributed by atoms with Crippen LogP contribution in [0.3, 0.4) is 0 Å². The first-order chi connectivity index (χ1) is 14.3. The number of aromatic nitrogens is 5. The summed E-state index contributed by atoms with van der Waals surface area (Å²) in [5.41, 5.74) is 3.66. The van der Waals surface area contributed by atoms with Gasteiger partial charge in [-0.1, -0.05) is 5.21 Å². The molecule has 1 saturated heterocycles. The van der Waals surface area contributed by atoms with Gasteiger partial charge in [-0.25, -0.2) is 0 Å². The molecule has 0 radical (unpaired) electrons. The van der Waals surface area contributed by atoms with Crippen LogP contribution in [0.15, 0.2) is 6.20 Å². The lowest BCUT2D eigenvalue weighted by Crippen LogP contribution is -2.44. The molecule has 1 atom stereocenters. The van der Waals surface area contributed by atoms with Crippen molar-refractivity contribution in [2.45, 2.75) is 65.0 Å². The highest BCUT2D eigenvalue weighted by Gasteiger charge is 2.27. The molecule has 2 amide bonds. The van der Waals surface area contributed by atoms with Gasteiger partial charge in [0, 0.05) is 52.4 Å². The minimum Gasteiger partial charge on any atom is -0.343 e. The highest BCUT2D eigenvalue weighted by atomic mass is 16.2. The smallest absolute Gasteiger partial charge is 0.275 e. The van der Waals surface area contributed by atoms with Crippen molar-refractivity contribution in [1.82, 2.24) is 34.6 Å². The standard InChI is InChI=1S/C21H33N7O2/c1-15-18(16(2)26(5)23-15)9-10-20(29)28-12-7-6-8-17(28)11-13-27-14-19(22-24-27)21(30)25(3)4/h14,17H,6-13H2,1-5H3. The summed E-state index contributed by atoms with van der Waals surface area (Å²) in [6.45, 7) is 5.51. The molecule has 1 fully saturated rings. The van der Waals surface area contributed by atoms with E-state index in [9.17, 15) is 9.59 Å². The molecule has 2 aromatic rings. The lowest BCUT2D eigenvalue weighted by molar-refractivity contribution is -0.135. The van der Waals surface area contributed by atoms with Crippen molar-refractivity contribution < 1.29 is 9.59 Å². The van der Waals surface area contributed by atoms with Crippen molar-refractivity contribution in [2.24, 2.45) is 7.05 Å². The van der Waals surface area contributed by atoms with Gasteiger partial charge >= 0.3 is 0 Å². The molecular formula is C21H33N7O2. The number of amides is 2. The fourth-order valence-corrected chi connectivity index (χ4v) is 4.20. The van der Waals surface area contributed by atoms with E-state index in [-0.39, 0.29) is 17.9 Å². The summed E-state index contributed by atoms with van der Waals surface area (Å²) in [4.78, 5) is 28.5. The van der Waals surface area contributed by atoms with Crippen molar-refractivity contribution in [1.29, 1.82) is 0 Å². The summed E-state index contributed by atoms with van der Waals surface area (Å²) in [7, 11) is 5.33. The van der Waals surface area contributed by atoms with Crippen LogP contribution in [-0.2, 0) is 24.8 Å². The van der Waals surface area contributed by atoms with Crippen LogP contribution in [0, 0.1) is 13.8 Å². The lowest BCUT2D eigenvalue weighted by Gasteiger charge is -2.36. The van der Waals surface area contributed by atoms with Crippen molar-refractivity contribution in [3.63, 3.8) is 0 Å². The van der Waals surface area contributed by atoms with Crippen LogP contribution < -0.4 is 0 Å². The van der Waals surface area contributed by atoms with Gasteiger partial charge < -0.3 is 9.80 Å². The number of carbonyl (C=O) groups is 2. The quantitative estimate of drug-likeness (QED) is 0.687. The molecule has 1 aliphatic heterocycles. The van der Waals surface area contributed by atoms with Gasteiger partial charge in [-0.2, -0.15) is 5.10 Å². The Morgan fingerprint density at radius 3 is 2.67 bits per heavy atom. The number of hydrogen-bond acceptors (Lipinski definition) is 5. The first-order valence-corrected chi connectivity index (χ1v) is 10.7. The van der Waals surface area contributed by atoms with Gasteiger partial charge in [0.15, 0.2) is 5.69 Å². The van der Waals surface area contributed by atoms with Crippen molar-refractivity contribution in [2.75, 3.05) is 20.6 Å². The molecule has 164 valence electrons. The van der Waals surface area contributed by atoms with Gasteiger partial charge in [-0.05, 0) is 51.5 Å². The zero-order valence-corrected chi connectivity index (χ0v) is 18.8. The second kappa shape index (κ2) is 9.40. The Labute approximate surface area is 178 Å². The van der Waals surface area contributed by atoms with E-state index in [2.05, 4.69) is 22.3 Å². The zero-order valence-electron chi connectivity index (χ0n) is 18.8. The molecule has 0 aromatic carbocycles. The molecule has 0 saturated carbocycles. The number of likely N-dealkylation sites (tertiary alicyclic amines) is 1. The molecule has 2 aromatic heterocycles. The molecule has 9 heteroatoms. The molecule has 3 heterocycles. The molecule has 3 rings (SSSR count). The summed E-state index contributed by atoms with van der Waals surface area (Å²) < 4.78 is 3.59. The molecule has 1 aliphatic rings. The molecule has 0 aliphatic carbocycles. The Morgan fingerprint density at radius 2 is 2.00 bits per heavy atom. The Bertz CT molecular complexity index is 899. The SMILES string of the molecule is Cc1nn(C)c(C)c1CCC(=O)N1CCCCC1CCn1cc(C(=O)N(C)C)nn1. The maximum atomic E-state index is 13.0. The van der Waals surface area contributed by atoms with E-state index >= 15 is 0 Å². The third-order valence-corrected chi connectivity index (χ3v) is 6.05. The fraction of sp³-hybridized carbons (Fsp3) is 0.667. The van der Waals surface area contributed by atoms with E-state index in [1.165, 1.54) is 10.5 Å². The molecule has 30 heavy (non-hydrogen) atoms. The van der Waals surface area contributed by atoms with Crippen LogP contribution in [0.2, 0.25) is 0 Å². The molecule has 0 bridgehead atoms. The second-order valence-corrected chi connectivity index (χ2v) is 8.36. The Kier molecular flexibility index (Phi) is 6.89. The Balaban J connectivity index is 1.58. The average molecular weight is 416 g/mol. The first kappa shape index (κ1) is 22.0. The van der Waals surface area contributed by atoms with Crippen LogP contribution in [0.25, 0.3) is 0 Å². The summed E-state index contributed by atoms with van der Waals surface area (Å²) in [6.07, 6.45) is 6.94. The number of hydrogen-bond donors (Lipinski definition) is 0. The Morgan fingerprint density at radius 1 is 1.23 bits per heavy atom. The summed E-state index contributed by atoms with van der Waals surface area (Å²) in [5.74, 6) is 0.0566. The minimum atomic E-state index is -0.156. The largest absolute Gasteiger partial charge is 0.343 e. The third-order valence-electron chi connectivity index (χ3n) is 6.05. The summed E-state index contributed by atoms with van der Waals surface area (Å²) in [6, 6.07) is 0.208. The van der Waals surface area contributed by atoms with E-state index in [1.807, 2.05) is 23.6 Å². The molecular weight excluding hydrogens is 382 g/mol. The number of carbonyl (C=O) groups excluding carboxylic acids is 2. The van der Waals surface area contributed by atoms with Gasteiger partial charge in [-0.3, -0.25) is 19.0 Å². The minimum absolute atomic E-state index is 0.156. The van der Waals surface area contributed by atoms with Gasteiger partial charge in [0.25, 0.3) is 5.91 Å². The molecule has 0 N–H and O–H groups in total. The maximum Gasteiger partial charge on any atom is 0.275 e. The highest BCUT2D eigenvalue weighted by molar-refractivity contribution is 5.91. The van der Waals surface area contributed by atoms with Crippen LogP contribution in [-0.4, -0.2) is 73.1 Å². The van der Waals surface area contributed by atoms with E-state index in [1.54, 1.807) is 25.0 Å². The van der Waals surface area contributed by atoms with E-state index in [0.29, 0.717) is 18.7 Å². The summed E-state index contributed by atoms with van der Waals surface area (Å²) in [5, 5.41) is 12.5. The van der Waals surface area contributed by atoms with Crippen molar-refractivity contribution in [3.8, 4) is 0 Å². The first-order valence-electron chi connectivity index (χ1n) is 10.7. The number of aryl methyl sites for hydroxylation is 3. The lowest BCUT2D eigenvalue weighted by atomic mass is 9.98. The molecule has 0 spiro atoms. The number of piperidine rings is 1. The van der Waals surface area contributed by atoms with Crippen LogP contribution in [0.1, 0.15) is 59.5 Å². The second-order valence-electron chi connectivity index (χ2n) is 8.36. The van der Waals surface area contributed by atoms with Gasteiger partial charge in [0.1, 0.15) is 0 Å². The van der Waals surface area contributed by atoms with Gasteiger partial charge in [0.2, 0.25) is 5.91 Å². The number of rotatable bonds is 7. The monoisotopic (exact) mass is 415 g/mol. The summed E-state index contributed by atoms with van der Waals surface area (Å²) >= 11 is 0. The molecule has 9 nitrogen and oxygen atoms in total. The van der Waals surface area contributed by atoms with Crippen LogP contribution in [0.4, 0.5) is 0 Å². The fourth-order valence-electron chi connectivity index (χ4n) is 4.20. The predicted octanol–water partition coefficient (Wildman–Crippen LogP) is 1.73. The zero-order chi connectivity index (χ0) is 21.8. The average Bonchev–Trinajstić information content (AvgIpc) is 3.29. The third kappa shape index (κ3) is 4.88. The van der Waals surface area contributed by atoms with Crippen LogP contribution >= 0.6 is 0 Å². The number of nitrogens with zero attached hydrogens (tertiary/aromatic N) is 7.